The standard InChI is InChI=1S/C32H30F3N3O2/c33-32(34,35)31(40)38(22-25-15-17-36-29-14-8-7-13-28(25)29)26-16-18-37(30(39)20-24-11-5-2-6-12-24)27(21-26)19-23-9-3-1-4-10-23/h1-15,17,26-27H,16,18-22H2. The first-order valence-electron chi connectivity index (χ1n) is 13.4. The third kappa shape index (κ3) is 6.33. The van der Waals surface area contributed by atoms with Crippen LogP contribution in [0.15, 0.2) is 97.2 Å². The molecule has 2 heterocycles. The van der Waals surface area contributed by atoms with Gasteiger partial charge in [0.1, 0.15) is 0 Å². The molecule has 5 rings (SSSR count). The van der Waals surface area contributed by atoms with Crippen LogP contribution in [0, 0.1) is 0 Å². The van der Waals surface area contributed by atoms with Crippen molar-refractivity contribution in [2.75, 3.05) is 6.54 Å². The Hall–Kier alpha value is -4.20. The summed E-state index contributed by atoms with van der Waals surface area (Å²) in [4.78, 5) is 33.3. The van der Waals surface area contributed by atoms with Gasteiger partial charge in [0.15, 0.2) is 0 Å². The van der Waals surface area contributed by atoms with Gasteiger partial charge in [-0.1, -0.05) is 78.9 Å². The minimum absolute atomic E-state index is 0.0700. The minimum atomic E-state index is -5.02. The lowest BCUT2D eigenvalue weighted by atomic mass is 9.90. The Bertz CT molecular complexity index is 1460. The van der Waals surface area contributed by atoms with Gasteiger partial charge in [0.25, 0.3) is 0 Å². The first-order chi connectivity index (χ1) is 19.3. The van der Waals surface area contributed by atoms with Gasteiger partial charge in [-0.25, -0.2) is 0 Å². The predicted octanol–water partition coefficient (Wildman–Crippen LogP) is 5.97. The first kappa shape index (κ1) is 27.4. The van der Waals surface area contributed by atoms with E-state index in [9.17, 15) is 22.8 Å². The number of nitrogens with zero attached hydrogens (tertiary/aromatic N) is 3. The molecule has 206 valence electrons. The molecule has 1 aliphatic rings. The van der Waals surface area contributed by atoms with Crippen LogP contribution >= 0.6 is 0 Å². The van der Waals surface area contributed by atoms with E-state index < -0.39 is 18.1 Å². The molecular formula is C32H30F3N3O2. The number of hydrogen-bond acceptors (Lipinski definition) is 3. The highest BCUT2D eigenvalue weighted by atomic mass is 19.4. The van der Waals surface area contributed by atoms with E-state index >= 15 is 0 Å². The number of aromatic nitrogens is 1. The van der Waals surface area contributed by atoms with Crippen molar-refractivity contribution in [2.24, 2.45) is 0 Å². The number of rotatable bonds is 7. The molecule has 2 unspecified atom stereocenters. The van der Waals surface area contributed by atoms with E-state index in [0.717, 1.165) is 16.0 Å². The number of benzene rings is 3. The number of halogens is 3. The molecule has 3 aromatic carbocycles. The Labute approximate surface area is 231 Å². The Morgan fingerprint density at radius 2 is 1.52 bits per heavy atom. The fourth-order valence-electron chi connectivity index (χ4n) is 5.60. The number of alkyl halides is 3. The third-order valence-electron chi connectivity index (χ3n) is 7.54. The summed E-state index contributed by atoms with van der Waals surface area (Å²) < 4.78 is 41.7. The quantitative estimate of drug-likeness (QED) is 0.288. The van der Waals surface area contributed by atoms with Crippen molar-refractivity contribution in [1.82, 2.24) is 14.8 Å². The number of pyridine rings is 1. The van der Waals surface area contributed by atoms with Gasteiger partial charge in [-0.3, -0.25) is 14.6 Å². The zero-order chi connectivity index (χ0) is 28.1. The summed E-state index contributed by atoms with van der Waals surface area (Å²) in [5.41, 5.74) is 3.12. The first-order valence-corrected chi connectivity index (χ1v) is 13.4. The van der Waals surface area contributed by atoms with Gasteiger partial charge in [-0.05, 0) is 48.1 Å². The second kappa shape index (κ2) is 11.9. The maximum Gasteiger partial charge on any atom is 0.471 e. The molecule has 2 atom stereocenters. The molecule has 1 saturated heterocycles. The van der Waals surface area contributed by atoms with Crippen LogP contribution in [0.1, 0.15) is 29.5 Å². The molecule has 0 saturated carbocycles. The molecule has 1 aromatic heterocycles. The highest BCUT2D eigenvalue weighted by molar-refractivity contribution is 5.85. The second-order valence-corrected chi connectivity index (χ2v) is 10.2. The van der Waals surface area contributed by atoms with Gasteiger partial charge in [0.2, 0.25) is 5.91 Å². The van der Waals surface area contributed by atoms with Crippen LogP contribution in [0.2, 0.25) is 0 Å². The SMILES string of the molecule is O=C(Cc1ccccc1)N1CCC(N(Cc2ccnc3ccccc23)C(=O)C(F)(F)F)CC1Cc1ccccc1. The lowest BCUT2D eigenvalue weighted by Crippen LogP contribution is -2.56. The molecule has 0 aliphatic carbocycles. The van der Waals surface area contributed by atoms with Crippen LogP contribution in [0.4, 0.5) is 13.2 Å². The molecule has 1 fully saturated rings. The lowest BCUT2D eigenvalue weighted by Gasteiger charge is -2.44. The monoisotopic (exact) mass is 545 g/mol. The second-order valence-electron chi connectivity index (χ2n) is 10.2. The highest BCUT2D eigenvalue weighted by Crippen LogP contribution is 2.31. The smallest absolute Gasteiger partial charge is 0.339 e. The van der Waals surface area contributed by atoms with E-state index in [0.29, 0.717) is 22.9 Å². The average molecular weight is 546 g/mol. The molecule has 1 aliphatic heterocycles. The van der Waals surface area contributed by atoms with Crippen LogP contribution in [0.5, 0.6) is 0 Å². The van der Waals surface area contributed by atoms with E-state index in [4.69, 9.17) is 0 Å². The van der Waals surface area contributed by atoms with Crippen molar-refractivity contribution in [3.05, 3.63) is 114 Å². The molecular weight excluding hydrogens is 515 g/mol. The van der Waals surface area contributed by atoms with Crippen LogP contribution in [0.3, 0.4) is 0 Å². The summed E-state index contributed by atoms with van der Waals surface area (Å²) in [5.74, 6) is -1.93. The van der Waals surface area contributed by atoms with Gasteiger partial charge >= 0.3 is 12.1 Å². The van der Waals surface area contributed by atoms with Crippen LogP contribution < -0.4 is 0 Å². The van der Waals surface area contributed by atoms with Crippen molar-refractivity contribution in [2.45, 2.75) is 50.5 Å². The van der Waals surface area contributed by atoms with E-state index in [1.54, 1.807) is 35.4 Å². The van der Waals surface area contributed by atoms with E-state index in [2.05, 4.69) is 4.98 Å². The highest BCUT2D eigenvalue weighted by Gasteiger charge is 2.46. The molecule has 5 nitrogen and oxygen atoms in total. The van der Waals surface area contributed by atoms with Gasteiger partial charge < -0.3 is 9.80 Å². The fraction of sp³-hybridized carbons (Fsp3) is 0.281. The fourth-order valence-corrected chi connectivity index (χ4v) is 5.60. The van der Waals surface area contributed by atoms with Crippen LogP contribution in [-0.4, -0.2) is 51.4 Å². The Kier molecular flexibility index (Phi) is 8.14. The van der Waals surface area contributed by atoms with Gasteiger partial charge in [0.05, 0.1) is 11.9 Å². The van der Waals surface area contributed by atoms with Crippen molar-refractivity contribution in [3.8, 4) is 0 Å². The van der Waals surface area contributed by atoms with Gasteiger partial charge in [0, 0.05) is 36.8 Å². The van der Waals surface area contributed by atoms with Crippen molar-refractivity contribution >= 4 is 22.7 Å². The van der Waals surface area contributed by atoms with E-state index in [-0.39, 0.29) is 44.3 Å². The van der Waals surface area contributed by atoms with Gasteiger partial charge in [-0.15, -0.1) is 0 Å². The number of carbonyl (C=O) groups excluding carboxylic acids is 2. The summed E-state index contributed by atoms with van der Waals surface area (Å²) in [6, 6.07) is 26.9. The van der Waals surface area contributed by atoms with Gasteiger partial charge in [-0.2, -0.15) is 13.2 Å². The Morgan fingerprint density at radius 3 is 2.23 bits per heavy atom. The number of hydrogen-bond donors (Lipinski definition) is 0. The zero-order valence-corrected chi connectivity index (χ0v) is 21.9. The number of likely N-dealkylation sites (tertiary alicyclic amines) is 1. The largest absolute Gasteiger partial charge is 0.471 e. The lowest BCUT2D eigenvalue weighted by molar-refractivity contribution is -0.190. The molecule has 0 bridgehead atoms. The topological polar surface area (TPSA) is 53.5 Å². The Morgan fingerprint density at radius 1 is 0.875 bits per heavy atom. The van der Waals surface area contributed by atoms with Crippen LogP contribution in [0.25, 0.3) is 10.9 Å². The van der Waals surface area contributed by atoms with Crippen LogP contribution in [-0.2, 0) is 29.0 Å². The molecule has 40 heavy (non-hydrogen) atoms. The summed E-state index contributed by atoms with van der Waals surface area (Å²) in [6.45, 7) is 0.0780. The maximum atomic E-state index is 13.9. The molecule has 2 amide bonds. The number of piperidine rings is 1. The van der Waals surface area contributed by atoms with E-state index in [1.807, 2.05) is 66.7 Å². The Balaban J connectivity index is 1.44. The van der Waals surface area contributed by atoms with Crippen molar-refractivity contribution in [1.29, 1.82) is 0 Å². The molecule has 0 radical (unpaired) electrons. The molecule has 0 N–H and O–H groups in total. The minimum Gasteiger partial charge on any atom is -0.339 e. The number of amides is 2. The maximum absolute atomic E-state index is 13.9. The molecule has 4 aromatic rings. The number of carbonyl (C=O) groups is 2. The summed E-state index contributed by atoms with van der Waals surface area (Å²) >= 11 is 0. The number of para-hydroxylation sites is 1. The molecule has 0 spiro atoms. The zero-order valence-electron chi connectivity index (χ0n) is 21.9. The van der Waals surface area contributed by atoms with E-state index in [1.165, 1.54) is 0 Å². The van der Waals surface area contributed by atoms with Crippen molar-refractivity contribution < 1.29 is 22.8 Å². The van der Waals surface area contributed by atoms with Crippen molar-refractivity contribution in [3.63, 3.8) is 0 Å². The summed E-state index contributed by atoms with van der Waals surface area (Å²) in [5, 5.41) is 0.710. The average Bonchev–Trinajstić information content (AvgIpc) is 2.96. The summed E-state index contributed by atoms with van der Waals surface area (Å²) in [7, 11) is 0. The number of fused-ring (bicyclic) bond motifs is 1. The predicted molar refractivity (Wildman–Crippen MR) is 147 cm³/mol. The third-order valence-corrected chi connectivity index (χ3v) is 7.54. The summed E-state index contributed by atoms with van der Waals surface area (Å²) in [6.07, 6.45) is -2.25. The normalized spacial score (nSPS) is 17.5. The molecule has 8 heteroatoms.